The van der Waals surface area contributed by atoms with Crippen molar-refractivity contribution in [3.05, 3.63) is 46.7 Å². The van der Waals surface area contributed by atoms with Crippen LogP contribution >= 0.6 is 11.6 Å². The second kappa shape index (κ2) is 8.73. The SMILES string of the molecule is CNC(C(=O)N1CCN(Cc2cc(Cl)ccc2OC)CC1)c1cnn(C)c1. The third kappa shape index (κ3) is 4.61. The number of ether oxygens (including phenoxy) is 1. The van der Waals surface area contributed by atoms with Crippen LogP contribution in [-0.2, 0) is 18.4 Å². The van der Waals surface area contributed by atoms with Gasteiger partial charge in [-0.3, -0.25) is 14.4 Å². The van der Waals surface area contributed by atoms with Gasteiger partial charge in [0.2, 0.25) is 5.91 Å². The van der Waals surface area contributed by atoms with Crippen molar-refractivity contribution >= 4 is 17.5 Å². The van der Waals surface area contributed by atoms with E-state index in [1.807, 2.05) is 36.3 Å². The highest BCUT2D eigenvalue weighted by Crippen LogP contribution is 2.25. The number of carbonyl (C=O) groups is 1. The Bertz CT molecular complexity index is 786. The molecule has 1 amide bonds. The van der Waals surface area contributed by atoms with Crippen molar-refractivity contribution in [3.63, 3.8) is 0 Å². The van der Waals surface area contributed by atoms with Crippen molar-refractivity contribution < 1.29 is 9.53 Å². The molecular weight excluding hydrogens is 366 g/mol. The molecule has 2 aromatic rings. The molecule has 1 aromatic heterocycles. The number of hydrogen-bond donors (Lipinski definition) is 1. The minimum absolute atomic E-state index is 0.0884. The normalized spacial score (nSPS) is 16.4. The lowest BCUT2D eigenvalue weighted by Gasteiger charge is -2.36. The smallest absolute Gasteiger partial charge is 0.244 e. The Morgan fingerprint density at radius 2 is 2.07 bits per heavy atom. The number of amides is 1. The minimum atomic E-state index is -0.363. The number of rotatable bonds is 6. The van der Waals surface area contributed by atoms with Crippen molar-refractivity contribution in [1.29, 1.82) is 0 Å². The van der Waals surface area contributed by atoms with E-state index in [1.54, 1.807) is 25.0 Å². The highest BCUT2D eigenvalue weighted by molar-refractivity contribution is 6.30. The first-order valence-electron chi connectivity index (χ1n) is 9.01. The number of aromatic nitrogens is 2. The summed E-state index contributed by atoms with van der Waals surface area (Å²) in [5, 5.41) is 7.98. The number of hydrogen-bond acceptors (Lipinski definition) is 5. The van der Waals surface area contributed by atoms with E-state index in [-0.39, 0.29) is 11.9 Å². The first kappa shape index (κ1) is 19.7. The Kier molecular flexibility index (Phi) is 6.36. The van der Waals surface area contributed by atoms with Crippen molar-refractivity contribution in [2.24, 2.45) is 7.05 Å². The summed E-state index contributed by atoms with van der Waals surface area (Å²) < 4.78 is 7.14. The summed E-state index contributed by atoms with van der Waals surface area (Å²) in [6.45, 7) is 3.76. The number of halogens is 1. The molecule has 27 heavy (non-hydrogen) atoms. The average Bonchev–Trinajstić information content (AvgIpc) is 3.09. The predicted molar refractivity (Wildman–Crippen MR) is 105 cm³/mol. The Morgan fingerprint density at radius 1 is 1.33 bits per heavy atom. The fraction of sp³-hybridized carbons (Fsp3) is 0.474. The van der Waals surface area contributed by atoms with Crippen LogP contribution in [0.1, 0.15) is 17.2 Å². The maximum absolute atomic E-state index is 12.9. The Hall–Kier alpha value is -2.09. The summed E-state index contributed by atoms with van der Waals surface area (Å²) >= 11 is 6.13. The van der Waals surface area contributed by atoms with E-state index in [9.17, 15) is 4.79 Å². The van der Waals surface area contributed by atoms with Gasteiger partial charge < -0.3 is 15.0 Å². The lowest BCUT2D eigenvalue weighted by molar-refractivity contribution is -0.135. The molecule has 1 aromatic carbocycles. The number of aryl methyl sites for hydroxylation is 1. The van der Waals surface area contributed by atoms with E-state index in [0.717, 1.165) is 36.5 Å². The van der Waals surface area contributed by atoms with Crippen LogP contribution in [0, 0.1) is 0 Å². The topological polar surface area (TPSA) is 62.6 Å². The highest BCUT2D eigenvalue weighted by atomic mass is 35.5. The summed E-state index contributed by atoms with van der Waals surface area (Å²) in [6.07, 6.45) is 3.61. The summed E-state index contributed by atoms with van der Waals surface area (Å²) in [4.78, 5) is 17.2. The first-order chi connectivity index (χ1) is 13.0. The van der Waals surface area contributed by atoms with Gasteiger partial charge in [0.15, 0.2) is 0 Å². The number of carbonyl (C=O) groups excluding carboxylic acids is 1. The number of nitrogens with one attached hydrogen (secondary N) is 1. The van der Waals surface area contributed by atoms with Crippen LogP contribution in [0.5, 0.6) is 5.75 Å². The van der Waals surface area contributed by atoms with Crippen LogP contribution in [0.25, 0.3) is 0 Å². The summed E-state index contributed by atoms with van der Waals surface area (Å²) in [6, 6.07) is 5.30. The highest BCUT2D eigenvalue weighted by Gasteiger charge is 2.28. The second-order valence-corrected chi connectivity index (χ2v) is 7.16. The summed E-state index contributed by atoms with van der Waals surface area (Å²) in [5.41, 5.74) is 1.95. The molecule has 7 nitrogen and oxygen atoms in total. The fourth-order valence-corrected chi connectivity index (χ4v) is 3.64. The zero-order valence-electron chi connectivity index (χ0n) is 16.0. The molecule has 0 spiro atoms. The molecule has 1 aliphatic heterocycles. The zero-order chi connectivity index (χ0) is 19.4. The van der Waals surface area contributed by atoms with Crippen molar-refractivity contribution in [1.82, 2.24) is 24.9 Å². The molecule has 0 aliphatic carbocycles. The molecule has 1 saturated heterocycles. The van der Waals surface area contributed by atoms with Crippen molar-refractivity contribution in [2.45, 2.75) is 12.6 Å². The van der Waals surface area contributed by atoms with Crippen LogP contribution in [0.15, 0.2) is 30.6 Å². The standard InChI is InChI=1S/C19H26ClN5O2/c1-21-18(15-11-22-23(2)12-15)19(26)25-8-6-24(7-9-25)13-14-10-16(20)4-5-17(14)27-3/h4-5,10-12,18,21H,6-9,13H2,1-3H3. The van der Waals surface area contributed by atoms with Gasteiger partial charge in [0.1, 0.15) is 11.8 Å². The molecule has 2 heterocycles. The average molecular weight is 392 g/mol. The molecule has 146 valence electrons. The fourth-order valence-electron chi connectivity index (χ4n) is 3.44. The van der Waals surface area contributed by atoms with Crippen LogP contribution in [0.2, 0.25) is 5.02 Å². The molecule has 1 aliphatic rings. The van der Waals surface area contributed by atoms with E-state index < -0.39 is 0 Å². The molecule has 1 atom stereocenters. The molecular formula is C19H26ClN5O2. The maximum atomic E-state index is 12.9. The van der Waals surface area contributed by atoms with Crippen LogP contribution in [0.3, 0.4) is 0 Å². The minimum Gasteiger partial charge on any atom is -0.496 e. The van der Waals surface area contributed by atoms with Gasteiger partial charge in [0.25, 0.3) is 0 Å². The molecule has 1 N–H and O–H groups in total. The molecule has 0 bridgehead atoms. The van der Waals surface area contributed by atoms with Gasteiger partial charge in [0, 0.05) is 62.1 Å². The van der Waals surface area contributed by atoms with Crippen LogP contribution in [0.4, 0.5) is 0 Å². The van der Waals surface area contributed by atoms with Crippen molar-refractivity contribution in [2.75, 3.05) is 40.3 Å². The van der Waals surface area contributed by atoms with Gasteiger partial charge in [0.05, 0.1) is 13.3 Å². The Balaban J connectivity index is 1.60. The molecule has 1 fully saturated rings. The van der Waals surface area contributed by atoms with Gasteiger partial charge >= 0.3 is 0 Å². The second-order valence-electron chi connectivity index (χ2n) is 6.73. The van der Waals surface area contributed by atoms with E-state index in [2.05, 4.69) is 15.3 Å². The lowest BCUT2D eigenvalue weighted by Crippen LogP contribution is -2.51. The van der Waals surface area contributed by atoms with Gasteiger partial charge in [-0.2, -0.15) is 5.10 Å². The van der Waals surface area contributed by atoms with Gasteiger partial charge in [-0.15, -0.1) is 0 Å². The molecule has 1 unspecified atom stereocenters. The quantitative estimate of drug-likeness (QED) is 0.811. The van der Waals surface area contributed by atoms with Crippen molar-refractivity contribution in [3.8, 4) is 5.75 Å². The number of piperazine rings is 1. The number of nitrogens with zero attached hydrogens (tertiary/aromatic N) is 4. The van der Waals surface area contributed by atoms with E-state index in [0.29, 0.717) is 18.1 Å². The predicted octanol–water partition coefficient (Wildman–Crippen LogP) is 1.69. The van der Waals surface area contributed by atoms with E-state index in [1.165, 1.54) is 0 Å². The van der Waals surface area contributed by atoms with Gasteiger partial charge in [-0.25, -0.2) is 0 Å². The molecule has 8 heteroatoms. The largest absolute Gasteiger partial charge is 0.496 e. The lowest BCUT2D eigenvalue weighted by atomic mass is 10.1. The Morgan fingerprint density at radius 3 is 2.67 bits per heavy atom. The molecule has 3 rings (SSSR count). The zero-order valence-corrected chi connectivity index (χ0v) is 16.7. The Labute approximate surface area is 164 Å². The third-order valence-corrected chi connectivity index (χ3v) is 5.15. The monoisotopic (exact) mass is 391 g/mol. The number of likely N-dealkylation sites (N-methyl/N-ethyl adjacent to an activating group) is 1. The van der Waals surface area contributed by atoms with E-state index in [4.69, 9.17) is 16.3 Å². The first-order valence-corrected chi connectivity index (χ1v) is 9.39. The van der Waals surface area contributed by atoms with Crippen LogP contribution in [-0.4, -0.2) is 65.8 Å². The van der Waals surface area contributed by atoms with Gasteiger partial charge in [-0.1, -0.05) is 11.6 Å². The van der Waals surface area contributed by atoms with E-state index >= 15 is 0 Å². The molecule has 0 radical (unpaired) electrons. The maximum Gasteiger partial charge on any atom is 0.244 e. The number of methoxy groups -OCH3 is 1. The summed E-state index contributed by atoms with van der Waals surface area (Å²) in [5.74, 6) is 0.926. The summed E-state index contributed by atoms with van der Waals surface area (Å²) in [7, 11) is 5.32. The molecule has 0 saturated carbocycles. The van der Waals surface area contributed by atoms with Crippen LogP contribution < -0.4 is 10.1 Å². The van der Waals surface area contributed by atoms with Gasteiger partial charge in [-0.05, 0) is 25.2 Å². The third-order valence-electron chi connectivity index (χ3n) is 4.91. The number of benzene rings is 1.